The van der Waals surface area contributed by atoms with E-state index in [9.17, 15) is 9.59 Å². The standard InChI is InChI=1S/C18H28ClN3O2.ClH/c1-13(2)16(20)10-12-22(3)17(23)5-4-11-21-18(24)14-6-8-15(19)9-7-14;/h6-9,13,16H,4-5,10-12,20H2,1-3H3,(H,21,24);1H. The van der Waals surface area contributed by atoms with Gasteiger partial charge in [0, 0.05) is 43.2 Å². The lowest BCUT2D eigenvalue weighted by Gasteiger charge is -2.21. The van der Waals surface area contributed by atoms with Gasteiger partial charge in [-0.05, 0) is 43.0 Å². The quantitative estimate of drug-likeness (QED) is 0.637. The van der Waals surface area contributed by atoms with Crippen LogP contribution in [0.2, 0.25) is 5.02 Å². The number of halogens is 2. The Labute approximate surface area is 161 Å². The van der Waals surface area contributed by atoms with E-state index in [1.54, 1.807) is 36.2 Å². The number of hydrogen-bond acceptors (Lipinski definition) is 3. The molecule has 0 saturated heterocycles. The summed E-state index contributed by atoms with van der Waals surface area (Å²) in [7, 11) is 1.79. The van der Waals surface area contributed by atoms with E-state index >= 15 is 0 Å². The SMILES string of the molecule is CC(C)C(N)CCN(C)C(=O)CCCNC(=O)c1ccc(Cl)cc1.Cl. The molecule has 0 radical (unpaired) electrons. The number of amides is 2. The van der Waals surface area contributed by atoms with Crippen LogP contribution < -0.4 is 11.1 Å². The number of nitrogens with zero attached hydrogens (tertiary/aromatic N) is 1. The van der Waals surface area contributed by atoms with Crippen molar-refractivity contribution < 1.29 is 9.59 Å². The maximum Gasteiger partial charge on any atom is 0.251 e. The van der Waals surface area contributed by atoms with E-state index < -0.39 is 0 Å². The molecule has 0 fully saturated rings. The van der Waals surface area contributed by atoms with Gasteiger partial charge in [-0.15, -0.1) is 12.4 Å². The van der Waals surface area contributed by atoms with Gasteiger partial charge in [0.05, 0.1) is 0 Å². The Morgan fingerprint density at radius 2 is 1.84 bits per heavy atom. The smallest absolute Gasteiger partial charge is 0.251 e. The van der Waals surface area contributed by atoms with E-state index in [-0.39, 0.29) is 30.3 Å². The number of carbonyl (C=O) groups is 2. The van der Waals surface area contributed by atoms with Crippen molar-refractivity contribution in [1.29, 1.82) is 0 Å². The fourth-order valence-corrected chi connectivity index (χ4v) is 2.26. The van der Waals surface area contributed by atoms with Crippen molar-refractivity contribution in [3.63, 3.8) is 0 Å². The molecule has 25 heavy (non-hydrogen) atoms. The van der Waals surface area contributed by atoms with Crippen LogP contribution in [0.1, 0.15) is 43.5 Å². The van der Waals surface area contributed by atoms with Gasteiger partial charge in [0.15, 0.2) is 0 Å². The van der Waals surface area contributed by atoms with Gasteiger partial charge in [-0.25, -0.2) is 0 Å². The Morgan fingerprint density at radius 1 is 1.24 bits per heavy atom. The first-order chi connectivity index (χ1) is 11.3. The van der Waals surface area contributed by atoms with Crippen LogP contribution in [-0.4, -0.2) is 42.9 Å². The highest BCUT2D eigenvalue weighted by Gasteiger charge is 2.13. The first-order valence-corrected chi connectivity index (χ1v) is 8.72. The number of rotatable bonds is 9. The molecule has 7 heteroatoms. The Morgan fingerprint density at radius 3 is 2.40 bits per heavy atom. The summed E-state index contributed by atoms with van der Waals surface area (Å²) in [5.74, 6) is 0.332. The number of carbonyl (C=O) groups excluding carboxylic acids is 2. The summed E-state index contributed by atoms with van der Waals surface area (Å²) in [6.45, 7) is 5.29. The molecule has 1 aromatic carbocycles. The predicted octanol–water partition coefficient (Wildman–Crippen LogP) is 3.10. The molecule has 0 aliphatic rings. The molecule has 0 heterocycles. The molecule has 5 nitrogen and oxygen atoms in total. The lowest BCUT2D eigenvalue weighted by atomic mass is 10.0. The zero-order chi connectivity index (χ0) is 18.1. The largest absolute Gasteiger partial charge is 0.352 e. The fourth-order valence-electron chi connectivity index (χ4n) is 2.14. The monoisotopic (exact) mass is 389 g/mol. The summed E-state index contributed by atoms with van der Waals surface area (Å²) >= 11 is 5.79. The third kappa shape index (κ3) is 9.10. The molecule has 0 aromatic heterocycles. The fraction of sp³-hybridized carbons (Fsp3) is 0.556. The first kappa shape index (κ1) is 23.7. The highest BCUT2D eigenvalue weighted by atomic mass is 35.5. The Hall–Kier alpha value is -1.30. The van der Waals surface area contributed by atoms with Crippen LogP contribution in [0.25, 0.3) is 0 Å². The molecular formula is C18H29Cl2N3O2. The van der Waals surface area contributed by atoms with Crippen molar-refractivity contribution >= 4 is 35.8 Å². The van der Waals surface area contributed by atoms with E-state index in [2.05, 4.69) is 19.2 Å². The first-order valence-electron chi connectivity index (χ1n) is 8.34. The molecule has 1 aromatic rings. The zero-order valence-electron chi connectivity index (χ0n) is 15.1. The van der Waals surface area contributed by atoms with Crippen LogP contribution in [0.4, 0.5) is 0 Å². The van der Waals surface area contributed by atoms with Crippen molar-refractivity contribution in [1.82, 2.24) is 10.2 Å². The van der Waals surface area contributed by atoms with E-state index in [0.717, 1.165) is 6.42 Å². The van der Waals surface area contributed by atoms with Gasteiger partial charge in [-0.3, -0.25) is 9.59 Å². The molecule has 0 spiro atoms. The molecule has 1 rings (SSSR count). The van der Waals surface area contributed by atoms with Crippen LogP contribution in [-0.2, 0) is 4.79 Å². The summed E-state index contributed by atoms with van der Waals surface area (Å²) in [6, 6.07) is 6.82. The van der Waals surface area contributed by atoms with Crippen LogP contribution >= 0.6 is 24.0 Å². The van der Waals surface area contributed by atoms with E-state index in [0.29, 0.717) is 42.4 Å². The van der Waals surface area contributed by atoms with Gasteiger partial charge in [-0.1, -0.05) is 25.4 Å². The van der Waals surface area contributed by atoms with Gasteiger partial charge >= 0.3 is 0 Å². The second kappa shape index (κ2) is 12.1. The Kier molecular flexibility index (Phi) is 11.5. The van der Waals surface area contributed by atoms with Crippen molar-refractivity contribution in [3.8, 4) is 0 Å². The highest BCUT2D eigenvalue weighted by Crippen LogP contribution is 2.09. The van der Waals surface area contributed by atoms with Gasteiger partial charge in [0.1, 0.15) is 0 Å². The van der Waals surface area contributed by atoms with Crippen LogP contribution in [0.5, 0.6) is 0 Å². The minimum Gasteiger partial charge on any atom is -0.352 e. The van der Waals surface area contributed by atoms with Crippen LogP contribution in [0.15, 0.2) is 24.3 Å². The third-order valence-corrected chi connectivity index (χ3v) is 4.29. The topological polar surface area (TPSA) is 75.4 Å². The van der Waals surface area contributed by atoms with Crippen molar-refractivity contribution in [3.05, 3.63) is 34.9 Å². The number of hydrogen-bond donors (Lipinski definition) is 2. The summed E-state index contributed by atoms with van der Waals surface area (Å²) in [5, 5.41) is 3.40. The average molecular weight is 390 g/mol. The maximum absolute atomic E-state index is 12.0. The molecule has 1 atom stereocenters. The molecule has 0 aliphatic heterocycles. The van der Waals surface area contributed by atoms with Crippen molar-refractivity contribution in [2.24, 2.45) is 11.7 Å². The molecule has 142 valence electrons. The molecule has 0 saturated carbocycles. The molecule has 2 amide bonds. The Balaban J connectivity index is 0.00000576. The summed E-state index contributed by atoms with van der Waals surface area (Å²) < 4.78 is 0. The van der Waals surface area contributed by atoms with Crippen LogP contribution in [0, 0.1) is 5.92 Å². The van der Waals surface area contributed by atoms with Gasteiger partial charge in [0.25, 0.3) is 5.91 Å². The molecule has 0 bridgehead atoms. The minimum absolute atomic E-state index is 0. The number of benzene rings is 1. The highest BCUT2D eigenvalue weighted by molar-refractivity contribution is 6.30. The second-order valence-electron chi connectivity index (χ2n) is 6.38. The van der Waals surface area contributed by atoms with Crippen molar-refractivity contribution in [2.45, 2.75) is 39.2 Å². The van der Waals surface area contributed by atoms with Gasteiger partial charge in [-0.2, -0.15) is 0 Å². The molecular weight excluding hydrogens is 361 g/mol. The number of nitrogens with one attached hydrogen (secondary N) is 1. The van der Waals surface area contributed by atoms with Crippen LogP contribution in [0.3, 0.4) is 0 Å². The molecule has 1 unspecified atom stereocenters. The lowest BCUT2D eigenvalue weighted by molar-refractivity contribution is -0.130. The Bertz CT molecular complexity index is 536. The summed E-state index contributed by atoms with van der Waals surface area (Å²) in [5.41, 5.74) is 6.55. The normalized spacial score (nSPS) is 11.6. The van der Waals surface area contributed by atoms with E-state index in [4.69, 9.17) is 17.3 Å². The van der Waals surface area contributed by atoms with E-state index in [1.165, 1.54) is 0 Å². The third-order valence-electron chi connectivity index (χ3n) is 4.04. The van der Waals surface area contributed by atoms with Crippen molar-refractivity contribution in [2.75, 3.05) is 20.1 Å². The minimum atomic E-state index is -0.157. The summed E-state index contributed by atoms with van der Waals surface area (Å²) in [4.78, 5) is 25.7. The van der Waals surface area contributed by atoms with Gasteiger partial charge in [0.2, 0.25) is 5.91 Å². The second-order valence-corrected chi connectivity index (χ2v) is 6.81. The molecule has 0 aliphatic carbocycles. The average Bonchev–Trinajstić information content (AvgIpc) is 2.56. The summed E-state index contributed by atoms with van der Waals surface area (Å²) in [6.07, 6.45) is 1.82. The van der Waals surface area contributed by atoms with Gasteiger partial charge < -0.3 is 16.0 Å². The maximum atomic E-state index is 12.0. The lowest BCUT2D eigenvalue weighted by Crippen LogP contribution is -2.35. The predicted molar refractivity (Wildman–Crippen MR) is 105 cm³/mol. The molecule has 3 N–H and O–H groups in total. The number of nitrogens with two attached hydrogens (primary N) is 1. The zero-order valence-corrected chi connectivity index (χ0v) is 16.7. The van der Waals surface area contributed by atoms with E-state index in [1.807, 2.05) is 0 Å².